The zero-order valence-corrected chi connectivity index (χ0v) is 16.6. The lowest BCUT2D eigenvalue weighted by molar-refractivity contribution is -0.137. The van der Waals surface area contributed by atoms with Gasteiger partial charge in [0.25, 0.3) is 0 Å². The summed E-state index contributed by atoms with van der Waals surface area (Å²) in [5.74, 6) is -1.30. The lowest BCUT2D eigenvalue weighted by atomic mass is 9.99. The molecule has 1 unspecified atom stereocenters. The highest BCUT2D eigenvalue weighted by atomic mass is 16.4. The third-order valence-corrected chi connectivity index (χ3v) is 4.39. The Morgan fingerprint density at radius 3 is 2.14 bits per heavy atom. The first-order valence-electron chi connectivity index (χ1n) is 9.47. The van der Waals surface area contributed by atoms with Gasteiger partial charge >= 0.3 is 12.0 Å². The molecule has 0 aliphatic rings. The van der Waals surface area contributed by atoms with Crippen molar-refractivity contribution in [3.05, 3.63) is 66.2 Å². The molecule has 1 atom stereocenters. The number of benzene rings is 2. The lowest BCUT2D eigenvalue weighted by Gasteiger charge is -2.28. The number of aliphatic carboxylic acids is 1. The molecular weight excluding hydrogens is 370 g/mol. The summed E-state index contributed by atoms with van der Waals surface area (Å²) in [6.07, 6.45) is 0.745. The van der Waals surface area contributed by atoms with Gasteiger partial charge < -0.3 is 21.1 Å². The van der Waals surface area contributed by atoms with Gasteiger partial charge in [-0.05, 0) is 44.4 Å². The minimum Gasteiger partial charge on any atom is -0.481 e. The monoisotopic (exact) mass is 397 g/mol. The zero-order chi connectivity index (χ0) is 21.3. The minimum atomic E-state index is -1.18. The van der Waals surface area contributed by atoms with Gasteiger partial charge in [-0.3, -0.25) is 9.59 Å². The van der Waals surface area contributed by atoms with Crippen molar-refractivity contribution in [1.29, 1.82) is 0 Å². The van der Waals surface area contributed by atoms with Crippen LogP contribution in [0.3, 0.4) is 0 Å². The number of urea groups is 1. The van der Waals surface area contributed by atoms with E-state index >= 15 is 0 Å². The molecule has 3 amide bonds. The quantitative estimate of drug-likeness (QED) is 0.521. The number of hydrogen-bond donors (Lipinski definition) is 4. The Morgan fingerprint density at radius 2 is 1.55 bits per heavy atom. The first-order chi connectivity index (χ1) is 13.8. The van der Waals surface area contributed by atoms with E-state index in [1.54, 1.807) is 38.1 Å². The van der Waals surface area contributed by atoms with E-state index in [9.17, 15) is 14.4 Å². The van der Waals surface area contributed by atoms with Crippen molar-refractivity contribution in [2.75, 3.05) is 5.32 Å². The van der Waals surface area contributed by atoms with Crippen LogP contribution in [-0.4, -0.2) is 34.6 Å². The van der Waals surface area contributed by atoms with E-state index in [0.717, 1.165) is 5.56 Å². The summed E-state index contributed by atoms with van der Waals surface area (Å²) in [5, 5.41) is 17.2. The van der Waals surface area contributed by atoms with Crippen molar-refractivity contribution in [3.63, 3.8) is 0 Å². The van der Waals surface area contributed by atoms with E-state index in [0.29, 0.717) is 18.5 Å². The largest absolute Gasteiger partial charge is 0.481 e. The molecular formula is C22H27N3O4. The summed E-state index contributed by atoms with van der Waals surface area (Å²) in [7, 11) is 0. The fourth-order valence-corrected chi connectivity index (χ4v) is 2.81. The fourth-order valence-electron chi connectivity index (χ4n) is 2.81. The van der Waals surface area contributed by atoms with Crippen molar-refractivity contribution in [1.82, 2.24) is 10.6 Å². The van der Waals surface area contributed by atoms with Crippen molar-refractivity contribution < 1.29 is 19.5 Å². The summed E-state index contributed by atoms with van der Waals surface area (Å²) in [6.45, 7) is 3.20. The molecule has 0 saturated heterocycles. The van der Waals surface area contributed by atoms with Crippen LogP contribution in [0.1, 0.15) is 32.3 Å². The summed E-state index contributed by atoms with van der Waals surface area (Å²) in [4.78, 5) is 36.0. The van der Waals surface area contributed by atoms with E-state index < -0.39 is 17.5 Å². The Labute approximate surface area is 170 Å². The molecule has 2 aromatic rings. The Kier molecular flexibility index (Phi) is 7.77. The topological polar surface area (TPSA) is 108 Å². The molecule has 29 heavy (non-hydrogen) atoms. The van der Waals surface area contributed by atoms with Gasteiger partial charge in [0.05, 0.1) is 0 Å². The number of carbonyl (C=O) groups excluding carboxylic acids is 2. The number of carbonyl (C=O) groups is 3. The Morgan fingerprint density at radius 1 is 0.966 bits per heavy atom. The van der Waals surface area contributed by atoms with Crippen LogP contribution < -0.4 is 16.0 Å². The molecule has 0 aliphatic carbocycles. The number of rotatable bonds is 9. The summed E-state index contributed by atoms with van der Waals surface area (Å²) in [6, 6.07) is 17.6. The second-order valence-corrected chi connectivity index (χ2v) is 7.36. The highest BCUT2D eigenvalue weighted by Crippen LogP contribution is 2.11. The molecule has 0 bridgehead atoms. The van der Waals surface area contributed by atoms with Gasteiger partial charge in [0.1, 0.15) is 5.54 Å². The standard InChI is InChI=1S/C22H27N3O4/c1-22(2,25-21(29)24-17-11-7-4-8-12-17)20(28)23-18(13-14-19(26)27)15-16-9-5-3-6-10-16/h3-12,18H,13-15H2,1-2H3,(H,23,28)(H,26,27)(H2,24,25,29). The zero-order valence-electron chi connectivity index (χ0n) is 16.6. The van der Waals surface area contributed by atoms with Gasteiger partial charge in [-0.1, -0.05) is 48.5 Å². The average molecular weight is 397 g/mol. The third-order valence-electron chi connectivity index (χ3n) is 4.39. The molecule has 7 heteroatoms. The number of anilines is 1. The average Bonchev–Trinajstić information content (AvgIpc) is 2.67. The first kappa shape index (κ1) is 21.9. The maximum Gasteiger partial charge on any atom is 0.320 e. The van der Waals surface area contributed by atoms with Crippen molar-refractivity contribution in [3.8, 4) is 0 Å². The first-order valence-corrected chi connectivity index (χ1v) is 9.47. The number of nitrogens with one attached hydrogen (secondary N) is 3. The predicted octanol–water partition coefficient (Wildman–Crippen LogP) is 3.18. The van der Waals surface area contributed by atoms with Crippen LogP contribution in [0.15, 0.2) is 60.7 Å². The summed E-state index contributed by atoms with van der Waals surface area (Å²) < 4.78 is 0. The SMILES string of the molecule is CC(C)(NC(=O)Nc1ccccc1)C(=O)NC(CCC(=O)O)Cc1ccccc1. The molecule has 0 aromatic heterocycles. The molecule has 2 aromatic carbocycles. The van der Waals surface area contributed by atoms with E-state index in [-0.39, 0.29) is 18.4 Å². The lowest BCUT2D eigenvalue weighted by Crippen LogP contribution is -2.57. The number of carboxylic acid groups (broad SMARTS) is 1. The van der Waals surface area contributed by atoms with Gasteiger partial charge in [0.2, 0.25) is 5.91 Å². The number of para-hydroxylation sites is 1. The molecule has 4 N–H and O–H groups in total. The highest BCUT2D eigenvalue weighted by molar-refractivity contribution is 5.95. The van der Waals surface area contributed by atoms with Crippen molar-refractivity contribution in [2.45, 2.75) is 44.7 Å². The second kappa shape index (κ2) is 10.3. The molecule has 0 radical (unpaired) electrons. The molecule has 0 spiro atoms. The molecule has 154 valence electrons. The van der Waals surface area contributed by atoms with Crippen molar-refractivity contribution in [2.24, 2.45) is 0 Å². The fraction of sp³-hybridized carbons (Fsp3) is 0.318. The molecule has 0 fully saturated rings. The van der Waals surface area contributed by atoms with Crippen molar-refractivity contribution >= 4 is 23.6 Å². The molecule has 0 aliphatic heterocycles. The number of hydrogen-bond acceptors (Lipinski definition) is 3. The smallest absolute Gasteiger partial charge is 0.320 e. The Hall–Kier alpha value is -3.35. The Balaban J connectivity index is 1.99. The van der Waals surface area contributed by atoms with Crippen LogP contribution >= 0.6 is 0 Å². The predicted molar refractivity (Wildman–Crippen MR) is 112 cm³/mol. The maximum atomic E-state index is 12.8. The van der Waals surface area contributed by atoms with Crippen LogP contribution in [0, 0.1) is 0 Å². The van der Waals surface area contributed by atoms with Gasteiger partial charge in [-0.15, -0.1) is 0 Å². The van der Waals surface area contributed by atoms with Crippen LogP contribution in [0.5, 0.6) is 0 Å². The third kappa shape index (κ3) is 7.65. The molecule has 0 saturated carbocycles. The van der Waals surface area contributed by atoms with Gasteiger partial charge in [-0.25, -0.2) is 4.79 Å². The van der Waals surface area contributed by atoms with Crippen LogP contribution in [-0.2, 0) is 16.0 Å². The second-order valence-electron chi connectivity index (χ2n) is 7.36. The van der Waals surface area contributed by atoms with Gasteiger partial charge in [-0.2, -0.15) is 0 Å². The molecule has 7 nitrogen and oxygen atoms in total. The Bertz CT molecular complexity index is 822. The minimum absolute atomic E-state index is 0.0554. The normalized spacial score (nSPS) is 11.9. The van der Waals surface area contributed by atoms with E-state index in [2.05, 4.69) is 16.0 Å². The van der Waals surface area contributed by atoms with E-state index in [4.69, 9.17) is 5.11 Å². The van der Waals surface area contributed by atoms with E-state index in [1.165, 1.54) is 0 Å². The van der Waals surface area contributed by atoms with Crippen LogP contribution in [0.25, 0.3) is 0 Å². The van der Waals surface area contributed by atoms with Crippen LogP contribution in [0.4, 0.5) is 10.5 Å². The number of amides is 3. The van der Waals surface area contributed by atoms with Crippen LogP contribution in [0.2, 0.25) is 0 Å². The summed E-state index contributed by atoms with van der Waals surface area (Å²) in [5.41, 5.74) is 0.428. The van der Waals surface area contributed by atoms with Gasteiger partial charge in [0.15, 0.2) is 0 Å². The van der Waals surface area contributed by atoms with E-state index in [1.807, 2.05) is 36.4 Å². The number of carboxylic acids is 1. The summed E-state index contributed by atoms with van der Waals surface area (Å²) >= 11 is 0. The molecule has 2 rings (SSSR count). The highest BCUT2D eigenvalue weighted by Gasteiger charge is 2.31. The maximum absolute atomic E-state index is 12.8. The molecule has 0 heterocycles. The van der Waals surface area contributed by atoms with Gasteiger partial charge in [0, 0.05) is 18.2 Å².